The predicted molar refractivity (Wildman–Crippen MR) is 84.4 cm³/mol. The Balaban J connectivity index is 3.10. The Hall–Kier alpha value is -0.540. The molecule has 0 aliphatic heterocycles. The second-order valence-corrected chi connectivity index (χ2v) is 5.77. The van der Waals surface area contributed by atoms with Crippen molar-refractivity contribution in [1.29, 1.82) is 0 Å². The highest BCUT2D eigenvalue weighted by Gasteiger charge is 2.16. The van der Waals surface area contributed by atoms with Crippen LogP contribution in [0.5, 0.6) is 0 Å². The van der Waals surface area contributed by atoms with Crippen molar-refractivity contribution in [2.45, 2.75) is 46.2 Å². The van der Waals surface area contributed by atoms with Gasteiger partial charge in [0.15, 0.2) is 0 Å². The summed E-state index contributed by atoms with van der Waals surface area (Å²) in [4.78, 5) is 2.37. The van der Waals surface area contributed by atoms with Gasteiger partial charge < -0.3 is 10.2 Å². The third-order valence-corrected chi connectivity index (χ3v) is 4.09. The fraction of sp³-hybridized carbons (Fsp3) is 0.600. The Morgan fingerprint density at radius 1 is 1.28 bits per heavy atom. The van der Waals surface area contributed by atoms with Gasteiger partial charge in [-0.2, -0.15) is 0 Å². The number of rotatable bonds is 6. The topological polar surface area (TPSA) is 15.3 Å². The van der Waals surface area contributed by atoms with Gasteiger partial charge >= 0.3 is 0 Å². The molecule has 0 saturated carbocycles. The lowest BCUT2D eigenvalue weighted by atomic mass is 10.0. The largest absolute Gasteiger partial charge is 0.372 e. The molecule has 2 nitrogen and oxygen atoms in total. The van der Waals surface area contributed by atoms with Gasteiger partial charge in [0.05, 0.1) is 0 Å². The van der Waals surface area contributed by atoms with Crippen LogP contribution < -0.4 is 10.2 Å². The van der Waals surface area contributed by atoms with Crippen LogP contribution in [0.25, 0.3) is 0 Å². The van der Waals surface area contributed by atoms with E-state index in [-0.39, 0.29) is 0 Å². The van der Waals surface area contributed by atoms with E-state index in [1.54, 1.807) is 0 Å². The van der Waals surface area contributed by atoms with Gasteiger partial charge in [-0.25, -0.2) is 0 Å². The molecule has 2 atom stereocenters. The Morgan fingerprint density at radius 3 is 2.50 bits per heavy atom. The van der Waals surface area contributed by atoms with Crippen LogP contribution >= 0.6 is 15.9 Å². The number of anilines is 1. The van der Waals surface area contributed by atoms with Crippen LogP contribution in [0.4, 0.5) is 5.69 Å². The van der Waals surface area contributed by atoms with Crippen molar-refractivity contribution in [2.75, 3.05) is 18.5 Å². The van der Waals surface area contributed by atoms with Gasteiger partial charge in [0, 0.05) is 29.3 Å². The fourth-order valence-electron chi connectivity index (χ4n) is 2.12. The summed E-state index contributed by atoms with van der Waals surface area (Å²) in [5.41, 5.74) is 2.68. The molecule has 0 fully saturated rings. The Bertz CT molecular complexity index is 379. The molecule has 0 aliphatic carbocycles. The monoisotopic (exact) mass is 312 g/mol. The first kappa shape index (κ1) is 15.5. The summed E-state index contributed by atoms with van der Waals surface area (Å²) in [6.45, 7) is 9.85. The highest BCUT2D eigenvalue weighted by atomic mass is 79.9. The molecule has 1 aromatic rings. The Kier molecular flexibility index (Phi) is 6.16. The number of nitrogens with zero attached hydrogens (tertiary/aromatic N) is 1. The van der Waals surface area contributed by atoms with Crippen LogP contribution in [0.3, 0.4) is 0 Å². The molecule has 0 heterocycles. The van der Waals surface area contributed by atoms with E-state index in [0.29, 0.717) is 12.1 Å². The SMILES string of the molecule is CCNC(C)c1cc(Br)ccc1N(C)C(C)CC. The molecule has 0 saturated heterocycles. The maximum Gasteiger partial charge on any atom is 0.0415 e. The molecule has 18 heavy (non-hydrogen) atoms. The Morgan fingerprint density at radius 2 is 1.94 bits per heavy atom. The first-order valence-electron chi connectivity index (χ1n) is 6.76. The summed E-state index contributed by atoms with van der Waals surface area (Å²) >= 11 is 3.57. The van der Waals surface area contributed by atoms with Crippen molar-refractivity contribution in [3.63, 3.8) is 0 Å². The smallest absolute Gasteiger partial charge is 0.0415 e. The molecular formula is C15H25BrN2. The van der Waals surface area contributed by atoms with E-state index in [1.807, 2.05) is 0 Å². The molecule has 1 N–H and O–H groups in total. The highest BCUT2D eigenvalue weighted by Crippen LogP contribution is 2.30. The van der Waals surface area contributed by atoms with Crippen LogP contribution in [0.15, 0.2) is 22.7 Å². The third kappa shape index (κ3) is 3.72. The van der Waals surface area contributed by atoms with Crippen LogP contribution in [-0.4, -0.2) is 19.6 Å². The standard InChI is InChI=1S/C15H25BrN2/c1-6-11(3)18(5)15-9-8-13(16)10-14(15)12(4)17-7-2/h8-12,17H,6-7H2,1-5H3. The zero-order valence-corrected chi connectivity index (χ0v) is 13.7. The minimum absolute atomic E-state index is 0.369. The van der Waals surface area contributed by atoms with Gasteiger partial charge in [-0.1, -0.05) is 29.8 Å². The zero-order valence-electron chi connectivity index (χ0n) is 12.1. The average molecular weight is 313 g/mol. The first-order valence-corrected chi connectivity index (χ1v) is 7.56. The van der Waals surface area contributed by atoms with Crippen molar-refractivity contribution < 1.29 is 0 Å². The van der Waals surface area contributed by atoms with Crippen LogP contribution in [0.2, 0.25) is 0 Å². The van der Waals surface area contributed by atoms with Crippen LogP contribution in [0.1, 0.15) is 45.7 Å². The molecule has 2 unspecified atom stereocenters. The van der Waals surface area contributed by atoms with Gasteiger partial charge in [0.1, 0.15) is 0 Å². The molecular weight excluding hydrogens is 288 g/mol. The zero-order chi connectivity index (χ0) is 13.7. The van der Waals surface area contributed by atoms with E-state index in [2.05, 4.69) is 79.1 Å². The van der Waals surface area contributed by atoms with Crippen molar-refractivity contribution >= 4 is 21.6 Å². The number of nitrogens with one attached hydrogen (secondary N) is 1. The summed E-state index contributed by atoms with van der Waals surface area (Å²) in [5.74, 6) is 0. The van der Waals surface area contributed by atoms with Gasteiger partial charge in [-0.3, -0.25) is 0 Å². The van der Waals surface area contributed by atoms with Gasteiger partial charge in [0.25, 0.3) is 0 Å². The molecule has 0 aromatic heterocycles. The Labute approximate surface area is 120 Å². The van der Waals surface area contributed by atoms with Crippen LogP contribution in [-0.2, 0) is 0 Å². The van der Waals surface area contributed by atoms with E-state index in [0.717, 1.165) is 17.4 Å². The lowest BCUT2D eigenvalue weighted by Crippen LogP contribution is -2.30. The summed E-state index contributed by atoms with van der Waals surface area (Å²) in [6.07, 6.45) is 1.15. The highest BCUT2D eigenvalue weighted by molar-refractivity contribution is 9.10. The maximum atomic E-state index is 3.57. The van der Waals surface area contributed by atoms with E-state index >= 15 is 0 Å². The molecule has 1 rings (SSSR count). The van der Waals surface area contributed by atoms with Crippen molar-refractivity contribution in [2.24, 2.45) is 0 Å². The molecule has 0 bridgehead atoms. The quantitative estimate of drug-likeness (QED) is 0.840. The fourth-order valence-corrected chi connectivity index (χ4v) is 2.50. The summed E-state index contributed by atoms with van der Waals surface area (Å²) in [7, 11) is 2.18. The number of benzene rings is 1. The first-order chi connectivity index (χ1) is 8.51. The van der Waals surface area contributed by atoms with Crippen molar-refractivity contribution in [3.8, 4) is 0 Å². The minimum Gasteiger partial charge on any atom is -0.372 e. The lowest BCUT2D eigenvalue weighted by molar-refractivity contribution is 0.590. The van der Waals surface area contributed by atoms with E-state index in [1.165, 1.54) is 11.3 Å². The molecule has 1 aromatic carbocycles. The maximum absolute atomic E-state index is 3.57. The van der Waals surface area contributed by atoms with Crippen molar-refractivity contribution in [1.82, 2.24) is 5.32 Å². The summed E-state index contributed by atoms with van der Waals surface area (Å²) in [6, 6.07) is 7.48. The molecule has 3 heteroatoms. The average Bonchev–Trinajstić information content (AvgIpc) is 2.37. The van der Waals surface area contributed by atoms with Gasteiger partial charge in [-0.05, 0) is 50.6 Å². The minimum atomic E-state index is 0.369. The second kappa shape index (κ2) is 7.15. The van der Waals surface area contributed by atoms with Crippen LogP contribution in [0, 0.1) is 0 Å². The predicted octanol–water partition coefficient (Wildman–Crippen LogP) is 4.35. The third-order valence-electron chi connectivity index (χ3n) is 3.60. The number of halogens is 1. The molecule has 102 valence electrons. The molecule has 0 amide bonds. The van der Waals surface area contributed by atoms with E-state index in [4.69, 9.17) is 0 Å². The lowest BCUT2D eigenvalue weighted by Gasteiger charge is -2.30. The molecule has 0 aliphatic rings. The summed E-state index contributed by atoms with van der Waals surface area (Å²) < 4.78 is 1.14. The molecule has 0 radical (unpaired) electrons. The summed E-state index contributed by atoms with van der Waals surface area (Å²) in [5, 5.41) is 3.49. The number of hydrogen-bond acceptors (Lipinski definition) is 2. The van der Waals surface area contributed by atoms with E-state index in [9.17, 15) is 0 Å². The number of hydrogen-bond donors (Lipinski definition) is 1. The second-order valence-electron chi connectivity index (χ2n) is 4.85. The van der Waals surface area contributed by atoms with Gasteiger partial charge in [-0.15, -0.1) is 0 Å². The van der Waals surface area contributed by atoms with Gasteiger partial charge in [0.2, 0.25) is 0 Å². The molecule has 0 spiro atoms. The van der Waals surface area contributed by atoms with Crippen molar-refractivity contribution in [3.05, 3.63) is 28.2 Å². The van der Waals surface area contributed by atoms with E-state index < -0.39 is 0 Å². The normalized spacial score (nSPS) is 14.3.